The van der Waals surface area contributed by atoms with Crippen molar-refractivity contribution in [3.8, 4) is 17.2 Å². The molecule has 1 atom stereocenters. The molecule has 0 unspecified atom stereocenters. The Morgan fingerprint density at radius 3 is 2.33 bits per heavy atom. The van der Waals surface area contributed by atoms with Gasteiger partial charge in [0.1, 0.15) is 6.04 Å². The van der Waals surface area contributed by atoms with Crippen LogP contribution < -0.4 is 24.4 Å². The van der Waals surface area contributed by atoms with Gasteiger partial charge in [-0.3, -0.25) is 14.5 Å². The highest BCUT2D eigenvalue weighted by Crippen LogP contribution is 2.42. The van der Waals surface area contributed by atoms with Crippen LogP contribution >= 0.6 is 0 Å². The summed E-state index contributed by atoms with van der Waals surface area (Å²) in [7, 11) is 4.63. The number of hydrogen-bond acceptors (Lipinski definition) is 5. The van der Waals surface area contributed by atoms with E-state index in [0.29, 0.717) is 34.9 Å². The number of carbonyl (C=O) groups is 2. The zero-order valence-electron chi connectivity index (χ0n) is 25.4. The van der Waals surface area contributed by atoms with Crippen molar-refractivity contribution in [2.75, 3.05) is 26.2 Å². The number of nitrogens with zero attached hydrogens (tertiary/aromatic N) is 1. The highest BCUT2D eigenvalue weighted by Gasteiger charge is 2.35. The number of rotatable bonds is 11. The van der Waals surface area contributed by atoms with E-state index < -0.39 is 6.04 Å². The van der Waals surface area contributed by atoms with Crippen LogP contribution in [0.2, 0.25) is 0 Å². The smallest absolute Gasteiger partial charge is 0.248 e. The van der Waals surface area contributed by atoms with Crippen molar-refractivity contribution >= 4 is 28.4 Å². The maximum absolute atomic E-state index is 14.4. The van der Waals surface area contributed by atoms with Crippen LogP contribution in [0.5, 0.6) is 17.2 Å². The first-order valence-corrected chi connectivity index (χ1v) is 15.0. The molecule has 1 heterocycles. The molecular weight excluding hydrogens is 542 g/mol. The van der Waals surface area contributed by atoms with Gasteiger partial charge in [0, 0.05) is 35.2 Å². The molecule has 8 nitrogen and oxygen atoms in total. The third-order valence-corrected chi connectivity index (χ3v) is 8.29. The summed E-state index contributed by atoms with van der Waals surface area (Å²) < 4.78 is 16.9. The maximum atomic E-state index is 14.4. The molecule has 1 aliphatic rings. The van der Waals surface area contributed by atoms with Gasteiger partial charge in [-0.15, -0.1) is 0 Å². The van der Waals surface area contributed by atoms with Crippen molar-refractivity contribution in [1.82, 2.24) is 10.3 Å². The number of amides is 2. The SMILES string of the molecule is COc1cc([C@H](C(=O)NC2CCCCC2)N(C(=O)CCc2c[nH]c3ccccc23)c2cccc(C)c2)cc(OC)c1OC. The summed E-state index contributed by atoms with van der Waals surface area (Å²) in [6.07, 6.45) is 7.87. The molecular formula is C35H41N3O5. The van der Waals surface area contributed by atoms with Crippen LogP contribution in [0.3, 0.4) is 0 Å². The number of aromatic nitrogens is 1. The number of ether oxygens (including phenoxy) is 3. The number of fused-ring (bicyclic) bond motifs is 1. The quantitative estimate of drug-likeness (QED) is 0.206. The van der Waals surface area contributed by atoms with Gasteiger partial charge in [-0.1, -0.05) is 49.6 Å². The molecule has 2 N–H and O–H groups in total. The monoisotopic (exact) mass is 583 g/mol. The van der Waals surface area contributed by atoms with Crippen LogP contribution in [-0.4, -0.2) is 44.2 Å². The van der Waals surface area contributed by atoms with Crippen molar-refractivity contribution in [2.45, 2.75) is 64.0 Å². The van der Waals surface area contributed by atoms with E-state index >= 15 is 0 Å². The Bertz CT molecular complexity index is 1550. The fourth-order valence-electron chi connectivity index (χ4n) is 6.12. The van der Waals surface area contributed by atoms with E-state index in [1.54, 1.807) is 38.4 Å². The molecule has 226 valence electrons. The Labute approximate surface area is 253 Å². The number of anilines is 1. The molecule has 0 spiro atoms. The summed E-state index contributed by atoms with van der Waals surface area (Å²) in [5.41, 5.74) is 4.31. The minimum atomic E-state index is -0.965. The molecule has 0 radical (unpaired) electrons. The van der Waals surface area contributed by atoms with Crippen molar-refractivity contribution in [1.29, 1.82) is 0 Å². The molecule has 0 aliphatic heterocycles. The number of aryl methyl sites for hydroxylation is 2. The summed E-state index contributed by atoms with van der Waals surface area (Å²) in [5, 5.41) is 4.38. The molecule has 3 aromatic carbocycles. The summed E-state index contributed by atoms with van der Waals surface area (Å²) in [4.78, 5) is 33.7. The Balaban J connectivity index is 1.58. The molecule has 5 rings (SSSR count). The number of methoxy groups -OCH3 is 3. The normalized spacial score (nSPS) is 14.2. The lowest BCUT2D eigenvalue weighted by Gasteiger charge is -2.34. The number of aromatic amines is 1. The first-order chi connectivity index (χ1) is 20.9. The van der Waals surface area contributed by atoms with Gasteiger partial charge in [0.15, 0.2) is 11.5 Å². The zero-order valence-corrected chi connectivity index (χ0v) is 25.4. The lowest BCUT2D eigenvalue weighted by Crippen LogP contribution is -2.47. The number of carbonyl (C=O) groups excluding carboxylic acids is 2. The van der Waals surface area contributed by atoms with Crippen LogP contribution in [0.4, 0.5) is 5.69 Å². The third kappa shape index (κ3) is 6.63. The molecule has 1 fully saturated rings. The lowest BCUT2D eigenvalue weighted by molar-refractivity contribution is -0.127. The van der Waals surface area contributed by atoms with Crippen molar-refractivity contribution in [2.24, 2.45) is 0 Å². The molecule has 43 heavy (non-hydrogen) atoms. The largest absolute Gasteiger partial charge is 0.493 e. The number of H-pyrrole nitrogens is 1. The van der Waals surface area contributed by atoms with E-state index in [1.807, 2.05) is 55.6 Å². The number of nitrogens with one attached hydrogen (secondary N) is 2. The standard InChI is InChI=1S/C35H41N3O5/c1-23-11-10-14-27(19-23)38(32(39)18-17-24-22-36-29-16-9-8-15-28(24)29)33(35(40)37-26-12-6-5-7-13-26)25-20-30(41-2)34(43-4)31(21-25)42-3/h8-11,14-16,19-22,26,33,36H,5-7,12-13,17-18H2,1-4H3,(H,37,40)/t33-/m1/s1. The Kier molecular flexibility index (Phi) is 9.55. The van der Waals surface area contributed by atoms with Crippen LogP contribution in [0.1, 0.15) is 61.3 Å². The van der Waals surface area contributed by atoms with Gasteiger partial charge in [0.25, 0.3) is 0 Å². The fraction of sp³-hybridized carbons (Fsp3) is 0.371. The molecule has 2 amide bonds. The minimum Gasteiger partial charge on any atom is -0.493 e. The van der Waals surface area contributed by atoms with E-state index in [2.05, 4.69) is 16.4 Å². The molecule has 8 heteroatoms. The summed E-state index contributed by atoms with van der Waals surface area (Å²) in [5.74, 6) is 0.870. The Morgan fingerprint density at radius 2 is 1.65 bits per heavy atom. The summed E-state index contributed by atoms with van der Waals surface area (Å²) >= 11 is 0. The average molecular weight is 584 g/mol. The van der Waals surface area contributed by atoms with Gasteiger partial charge < -0.3 is 24.5 Å². The third-order valence-electron chi connectivity index (χ3n) is 8.29. The Morgan fingerprint density at radius 1 is 0.930 bits per heavy atom. The van der Waals surface area contributed by atoms with Gasteiger partial charge in [0.2, 0.25) is 17.6 Å². The topological polar surface area (TPSA) is 92.9 Å². The van der Waals surface area contributed by atoms with E-state index in [1.165, 1.54) is 6.42 Å². The molecule has 0 bridgehead atoms. The number of hydrogen-bond donors (Lipinski definition) is 2. The first-order valence-electron chi connectivity index (χ1n) is 15.0. The van der Waals surface area contributed by atoms with Gasteiger partial charge in [-0.2, -0.15) is 0 Å². The minimum absolute atomic E-state index is 0.0615. The molecule has 1 aliphatic carbocycles. The van der Waals surface area contributed by atoms with E-state index in [0.717, 1.165) is 47.7 Å². The number of benzene rings is 3. The molecule has 0 saturated heterocycles. The predicted octanol–water partition coefficient (Wildman–Crippen LogP) is 6.66. The van der Waals surface area contributed by atoms with E-state index in [4.69, 9.17) is 14.2 Å². The second-order valence-corrected chi connectivity index (χ2v) is 11.2. The first kappa shape index (κ1) is 30.0. The molecule has 1 aromatic heterocycles. The van der Waals surface area contributed by atoms with E-state index in [9.17, 15) is 9.59 Å². The lowest BCUT2D eigenvalue weighted by atomic mass is 9.94. The second kappa shape index (κ2) is 13.7. The average Bonchev–Trinajstić information content (AvgIpc) is 3.45. The maximum Gasteiger partial charge on any atom is 0.248 e. The van der Waals surface area contributed by atoms with Crippen LogP contribution in [0.15, 0.2) is 66.9 Å². The van der Waals surface area contributed by atoms with E-state index in [-0.39, 0.29) is 24.3 Å². The summed E-state index contributed by atoms with van der Waals surface area (Å²) in [6, 6.07) is 18.4. The van der Waals surface area contributed by atoms with Gasteiger partial charge >= 0.3 is 0 Å². The summed E-state index contributed by atoms with van der Waals surface area (Å²) in [6.45, 7) is 1.98. The van der Waals surface area contributed by atoms with Crippen molar-refractivity contribution in [3.63, 3.8) is 0 Å². The highest BCUT2D eigenvalue weighted by atomic mass is 16.5. The van der Waals surface area contributed by atoms with Gasteiger partial charge in [0.05, 0.1) is 21.3 Å². The molecule has 1 saturated carbocycles. The van der Waals surface area contributed by atoms with Gasteiger partial charge in [-0.05, 0) is 73.2 Å². The highest BCUT2D eigenvalue weighted by molar-refractivity contribution is 6.02. The van der Waals surface area contributed by atoms with Crippen LogP contribution in [-0.2, 0) is 16.0 Å². The Hall–Kier alpha value is -4.46. The van der Waals surface area contributed by atoms with Gasteiger partial charge in [-0.25, -0.2) is 0 Å². The zero-order chi connectivity index (χ0) is 30.3. The predicted molar refractivity (Wildman–Crippen MR) is 169 cm³/mol. The second-order valence-electron chi connectivity index (χ2n) is 11.2. The molecule has 4 aromatic rings. The van der Waals surface area contributed by atoms with Crippen molar-refractivity contribution in [3.05, 3.63) is 83.6 Å². The van der Waals surface area contributed by atoms with Crippen molar-refractivity contribution < 1.29 is 23.8 Å². The fourth-order valence-corrected chi connectivity index (χ4v) is 6.12. The number of para-hydroxylation sites is 1. The van der Waals surface area contributed by atoms with Crippen LogP contribution in [0.25, 0.3) is 10.9 Å². The van der Waals surface area contributed by atoms with Crippen LogP contribution in [0, 0.1) is 6.92 Å².